The molecule has 0 radical (unpaired) electrons. The number of hydrogen-bond donors (Lipinski definition) is 0. The molecule has 0 saturated carbocycles. The van der Waals surface area contributed by atoms with Crippen molar-refractivity contribution in [2.24, 2.45) is 0 Å². The van der Waals surface area contributed by atoms with E-state index in [2.05, 4.69) is 26.0 Å². The van der Waals surface area contributed by atoms with E-state index in [0.29, 0.717) is 0 Å². The van der Waals surface area contributed by atoms with E-state index < -0.39 is 0 Å². The van der Waals surface area contributed by atoms with Gasteiger partial charge in [-0.1, -0.05) is 50.7 Å². The molecular weight excluding hydrogens is 192 g/mol. The molecule has 0 aliphatic rings. The van der Waals surface area contributed by atoms with Crippen molar-refractivity contribution in [1.29, 1.82) is 0 Å². The lowest BCUT2D eigenvalue weighted by atomic mass is 10.1. The molecule has 0 aromatic rings. The third kappa shape index (κ3) is 13.7. The SMILES string of the molecule is [CH2-]CCCCCC/C=C/CCCCCC[CH2-]. The molecular formula is C16H30-2. The summed E-state index contributed by atoms with van der Waals surface area (Å²) >= 11 is 0. The Morgan fingerprint density at radius 3 is 1.25 bits per heavy atom. The number of allylic oxidation sites excluding steroid dienone is 2. The van der Waals surface area contributed by atoms with E-state index in [1.54, 1.807) is 0 Å². The van der Waals surface area contributed by atoms with E-state index in [1.165, 1.54) is 64.2 Å². The first kappa shape index (κ1) is 15.7. The predicted octanol–water partition coefficient (Wildman–Crippen LogP) is 5.89. The molecule has 0 heterocycles. The maximum Gasteiger partial charge on any atom is -0.0351 e. The van der Waals surface area contributed by atoms with Gasteiger partial charge in [0.05, 0.1) is 0 Å². The summed E-state index contributed by atoms with van der Waals surface area (Å²) in [4.78, 5) is 0. The van der Waals surface area contributed by atoms with Gasteiger partial charge in [0.2, 0.25) is 0 Å². The van der Waals surface area contributed by atoms with Gasteiger partial charge in [-0.2, -0.15) is 12.8 Å². The molecule has 0 rings (SSSR count). The van der Waals surface area contributed by atoms with Gasteiger partial charge in [0.15, 0.2) is 0 Å². The molecule has 0 aromatic carbocycles. The van der Waals surface area contributed by atoms with Crippen LogP contribution in [0.1, 0.15) is 77.0 Å². The third-order valence-corrected chi connectivity index (χ3v) is 2.91. The fourth-order valence-corrected chi connectivity index (χ4v) is 1.82. The summed E-state index contributed by atoms with van der Waals surface area (Å²) < 4.78 is 0. The minimum Gasteiger partial charge on any atom is -0.343 e. The fourth-order valence-electron chi connectivity index (χ4n) is 1.82. The second-order valence-electron chi connectivity index (χ2n) is 4.58. The van der Waals surface area contributed by atoms with Crippen LogP contribution >= 0.6 is 0 Å². The van der Waals surface area contributed by atoms with Gasteiger partial charge in [0, 0.05) is 0 Å². The Balaban J connectivity index is 2.98. The molecule has 0 nitrogen and oxygen atoms in total. The van der Waals surface area contributed by atoms with Crippen LogP contribution in [0.15, 0.2) is 12.2 Å². The summed E-state index contributed by atoms with van der Waals surface area (Å²) in [6, 6.07) is 0. The highest BCUT2D eigenvalue weighted by Gasteiger charge is 1.86. The van der Waals surface area contributed by atoms with Crippen LogP contribution in [-0.4, -0.2) is 0 Å². The molecule has 0 atom stereocenters. The zero-order valence-corrected chi connectivity index (χ0v) is 11.1. The summed E-state index contributed by atoms with van der Waals surface area (Å²) in [6.07, 6.45) is 20.3. The normalized spacial score (nSPS) is 11.4. The largest absolute Gasteiger partial charge is 0.343 e. The van der Waals surface area contributed by atoms with Crippen LogP contribution in [0.3, 0.4) is 0 Å². The molecule has 0 aliphatic heterocycles. The molecule has 0 fully saturated rings. The van der Waals surface area contributed by atoms with Crippen LogP contribution in [0.4, 0.5) is 0 Å². The Kier molecular flexibility index (Phi) is 14.5. The Morgan fingerprint density at radius 1 is 0.500 bits per heavy atom. The zero-order valence-electron chi connectivity index (χ0n) is 11.1. The van der Waals surface area contributed by atoms with E-state index in [4.69, 9.17) is 0 Å². The second kappa shape index (κ2) is 14.7. The Morgan fingerprint density at radius 2 is 0.875 bits per heavy atom. The monoisotopic (exact) mass is 222 g/mol. The molecule has 16 heavy (non-hydrogen) atoms. The number of hydrogen-bond acceptors (Lipinski definition) is 0. The van der Waals surface area contributed by atoms with Crippen LogP contribution < -0.4 is 0 Å². The van der Waals surface area contributed by atoms with Crippen LogP contribution in [0.5, 0.6) is 0 Å². The molecule has 0 bridgehead atoms. The average molecular weight is 222 g/mol. The lowest BCUT2D eigenvalue weighted by Gasteiger charge is -1.99. The summed E-state index contributed by atoms with van der Waals surface area (Å²) in [6.45, 7) is 7.71. The minimum atomic E-state index is 1.10. The lowest BCUT2D eigenvalue weighted by Crippen LogP contribution is -1.77. The minimum absolute atomic E-state index is 1.10. The second-order valence-corrected chi connectivity index (χ2v) is 4.58. The highest BCUT2D eigenvalue weighted by atomic mass is 13.9. The average Bonchev–Trinajstić information content (AvgIpc) is 2.31. The molecule has 0 heteroatoms. The molecule has 0 N–H and O–H groups in total. The van der Waals surface area contributed by atoms with Crippen molar-refractivity contribution in [1.82, 2.24) is 0 Å². The molecule has 96 valence electrons. The zero-order chi connectivity index (χ0) is 11.9. The van der Waals surface area contributed by atoms with E-state index in [1.807, 2.05) is 0 Å². The predicted molar refractivity (Wildman–Crippen MR) is 75.3 cm³/mol. The first-order chi connectivity index (χ1) is 7.91. The molecule has 0 spiro atoms. The van der Waals surface area contributed by atoms with Gasteiger partial charge in [-0.05, 0) is 25.7 Å². The first-order valence-electron chi connectivity index (χ1n) is 7.15. The maximum absolute atomic E-state index is 3.86. The Bertz CT molecular complexity index is 119. The molecule has 0 unspecified atom stereocenters. The van der Waals surface area contributed by atoms with Crippen molar-refractivity contribution < 1.29 is 0 Å². The summed E-state index contributed by atoms with van der Waals surface area (Å²) in [5.74, 6) is 0. The fraction of sp³-hybridized carbons (Fsp3) is 0.750. The van der Waals surface area contributed by atoms with E-state index in [-0.39, 0.29) is 0 Å². The van der Waals surface area contributed by atoms with Gasteiger partial charge < -0.3 is 13.8 Å². The van der Waals surface area contributed by atoms with Crippen molar-refractivity contribution in [3.05, 3.63) is 26.0 Å². The van der Waals surface area contributed by atoms with E-state index in [0.717, 1.165) is 12.8 Å². The van der Waals surface area contributed by atoms with Gasteiger partial charge in [-0.3, -0.25) is 0 Å². The van der Waals surface area contributed by atoms with Gasteiger partial charge >= 0.3 is 0 Å². The number of rotatable bonds is 12. The van der Waals surface area contributed by atoms with Crippen LogP contribution in [0.2, 0.25) is 0 Å². The van der Waals surface area contributed by atoms with Crippen molar-refractivity contribution >= 4 is 0 Å². The summed E-state index contributed by atoms with van der Waals surface area (Å²) in [5, 5.41) is 0. The molecule has 0 aliphatic carbocycles. The van der Waals surface area contributed by atoms with Crippen molar-refractivity contribution in [3.8, 4) is 0 Å². The van der Waals surface area contributed by atoms with Gasteiger partial charge in [-0.25, -0.2) is 0 Å². The third-order valence-electron chi connectivity index (χ3n) is 2.91. The summed E-state index contributed by atoms with van der Waals surface area (Å²) in [7, 11) is 0. The highest BCUT2D eigenvalue weighted by Crippen LogP contribution is 2.07. The lowest BCUT2D eigenvalue weighted by molar-refractivity contribution is 0.644. The van der Waals surface area contributed by atoms with E-state index in [9.17, 15) is 0 Å². The van der Waals surface area contributed by atoms with Crippen LogP contribution in [0, 0.1) is 13.8 Å². The van der Waals surface area contributed by atoms with Crippen LogP contribution in [0.25, 0.3) is 0 Å². The quantitative estimate of drug-likeness (QED) is 0.219. The molecule has 0 saturated heterocycles. The first-order valence-corrected chi connectivity index (χ1v) is 7.15. The maximum atomic E-state index is 3.86. The van der Waals surface area contributed by atoms with Gasteiger partial charge in [-0.15, -0.1) is 0 Å². The van der Waals surface area contributed by atoms with Crippen molar-refractivity contribution in [2.75, 3.05) is 0 Å². The van der Waals surface area contributed by atoms with Gasteiger partial charge in [0.1, 0.15) is 0 Å². The van der Waals surface area contributed by atoms with Crippen LogP contribution in [-0.2, 0) is 0 Å². The smallest absolute Gasteiger partial charge is 0.0351 e. The molecule has 0 aromatic heterocycles. The van der Waals surface area contributed by atoms with E-state index >= 15 is 0 Å². The van der Waals surface area contributed by atoms with Crippen molar-refractivity contribution in [3.63, 3.8) is 0 Å². The standard InChI is InChI=1S/C16H30/c1-3-5-7-9-11-13-15-16-14-12-10-8-6-4-2/h15-16H,1-14H2/q-2/b16-15+. The van der Waals surface area contributed by atoms with Crippen molar-refractivity contribution in [2.45, 2.75) is 77.0 Å². The Labute approximate surface area is 104 Å². The highest BCUT2D eigenvalue weighted by molar-refractivity contribution is 4.81. The molecule has 0 amide bonds. The summed E-state index contributed by atoms with van der Waals surface area (Å²) in [5.41, 5.74) is 0. The van der Waals surface area contributed by atoms with Gasteiger partial charge in [0.25, 0.3) is 0 Å². The topological polar surface area (TPSA) is 0 Å². The number of unbranched alkanes of at least 4 members (excludes halogenated alkanes) is 10. The Hall–Kier alpha value is -0.260.